The van der Waals surface area contributed by atoms with Crippen molar-refractivity contribution in [2.24, 2.45) is 5.92 Å². The third-order valence-corrected chi connectivity index (χ3v) is 4.20. The van der Waals surface area contributed by atoms with Gasteiger partial charge in [-0.1, -0.05) is 11.6 Å². The number of nitrogens with one attached hydrogen (secondary N) is 1. The molecular formula is C16H21ClN2O4. The van der Waals surface area contributed by atoms with E-state index in [1.54, 1.807) is 24.3 Å². The number of benzene rings is 1. The first-order valence-corrected chi connectivity index (χ1v) is 8.00. The van der Waals surface area contributed by atoms with Crippen molar-refractivity contribution in [2.75, 3.05) is 25.0 Å². The molecule has 1 atom stereocenters. The van der Waals surface area contributed by atoms with Crippen LogP contribution in [0, 0.1) is 5.92 Å². The molecule has 1 fully saturated rings. The standard InChI is InChI=1S/C16H21ClN2O4/c17-12-1-3-13(4-2-12)18-15(21)9-11(16(22)23)10-19-7-5-14(20)6-8-19/h1-4,11,14,20H,5-10H2,(H,18,21)(H,22,23)/t11-/m1/s1. The van der Waals surface area contributed by atoms with Crippen LogP contribution in [0.3, 0.4) is 0 Å². The first-order chi connectivity index (χ1) is 10.9. The molecule has 1 aromatic carbocycles. The SMILES string of the molecule is O=C(C[C@H](CN1CCC(O)CC1)C(=O)O)Nc1ccc(Cl)cc1. The van der Waals surface area contributed by atoms with E-state index < -0.39 is 11.9 Å². The molecule has 126 valence electrons. The zero-order valence-corrected chi connectivity index (χ0v) is 13.5. The Kier molecular flexibility index (Phi) is 6.38. The number of nitrogens with zero attached hydrogens (tertiary/aromatic N) is 1. The molecule has 1 aromatic rings. The molecule has 1 saturated heterocycles. The van der Waals surface area contributed by atoms with Gasteiger partial charge in [0.2, 0.25) is 5.91 Å². The van der Waals surface area contributed by atoms with E-state index in [-0.39, 0.29) is 18.4 Å². The van der Waals surface area contributed by atoms with Gasteiger partial charge in [0.1, 0.15) is 0 Å². The summed E-state index contributed by atoms with van der Waals surface area (Å²) >= 11 is 5.78. The molecule has 0 aliphatic carbocycles. The normalized spacial score (nSPS) is 17.7. The van der Waals surface area contributed by atoms with Gasteiger partial charge in [-0.05, 0) is 37.1 Å². The number of carboxylic acids is 1. The molecule has 0 spiro atoms. The second-order valence-electron chi connectivity index (χ2n) is 5.83. The predicted molar refractivity (Wildman–Crippen MR) is 87.5 cm³/mol. The zero-order chi connectivity index (χ0) is 16.8. The van der Waals surface area contributed by atoms with E-state index in [9.17, 15) is 19.8 Å². The quantitative estimate of drug-likeness (QED) is 0.735. The van der Waals surface area contributed by atoms with Gasteiger partial charge in [0, 0.05) is 36.8 Å². The van der Waals surface area contributed by atoms with Gasteiger partial charge < -0.3 is 20.4 Å². The summed E-state index contributed by atoms with van der Waals surface area (Å²) in [4.78, 5) is 25.4. The molecule has 0 unspecified atom stereocenters. The molecule has 0 radical (unpaired) electrons. The summed E-state index contributed by atoms with van der Waals surface area (Å²) in [6, 6.07) is 6.65. The Bertz CT molecular complexity index is 542. The lowest BCUT2D eigenvalue weighted by molar-refractivity contribution is -0.144. The summed E-state index contributed by atoms with van der Waals surface area (Å²) in [7, 11) is 0. The summed E-state index contributed by atoms with van der Waals surface area (Å²) in [6.07, 6.45) is 0.895. The smallest absolute Gasteiger partial charge is 0.308 e. The van der Waals surface area contributed by atoms with Crippen LogP contribution < -0.4 is 5.32 Å². The number of carbonyl (C=O) groups is 2. The number of anilines is 1. The van der Waals surface area contributed by atoms with E-state index in [1.807, 2.05) is 4.90 Å². The fourth-order valence-electron chi connectivity index (χ4n) is 2.61. The molecule has 1 aliphatic heterocycles. The van der Waals surface area contributed by atoms with Gasteiger partial charge in [0.25, 0.3) is 0 Å². The molecule has 23 heavy (non-hydrogen) atoms. The van der Waals surface area contributed by atoms with E-state index in [4.69, 9.17) is 11.6 Å². The number of carboxylic acid groups (broad SMARTS) is 1. The van der Waals surface area contributed by atoms with Gasteiger partial charge in [-0.2, -0.15) is 0 Å². The minimum atomic E-state index is -0.984. The lowest BCUT2D eigenvalue weighted by atomic mass is 10.0. The second kappa shape index (κ2) is 8.29. The number of piperidine rings is 1. The van der Waals surface area contributed by atoms with Crippen molar-refractivity contribution in [1.29, 1.82) is 0 Å². The van der Waals surface area contributed by atoms with Gasteiger partial charge >= 0.3 is 5.97 Å². The highest BCUT2D eigenvalue weighted by Crippen LogP contribution is 2.17. The topological polar surface area (TPSA) is 89.9 Å². The number of likely N-dealkylation sites (tertiary alicyclic amines) is 1. The van der Waals surface area contributed by atoms with Crippen LogP contribution in [0.15, 0.2) is 24.3 Å². The fourth-order valence-corrected chi connectivity index (χ4v) is 2.74. The van der Waals surface area contributed by atoms with Crippen molar-refractivity contribution in [3.63, 3.8) is 0 Å². The number of aliphatic carboxylic acids is 1. The third-order valence-electron chi connectivity index (χ3n) is 3.94. The van der Waals surface area contributed by atoms with Crippen molar-refractivity contribution in [1.82, 2.24) is 4.90 Å². The van der Waals surface area contributed by atoms with Crippen LogP contribution in [0.1, 0.15) is 19.3 Å². The number of halogens is 1. The Labute approximate surface area is 140 Å². The average molecular weight is 341 g/mol. The number of hydrogen-bond donors (Lipinski definition) is 3. The van der Waals surface area contributed by atoms with E-state index in [2.05, 4.69) is 5.32 Å². The highest BCUT2D eigenvalue weighted by molar-refractivity contribution is 6.30. The van der Waals surface area contributed by atoms with Crippen LogP contribution in [0.4, 0.5) is 5.69 Å². The van der Waals surface area contributed by atoms with Crippen LogP contribution in [-0.2, 0) is 9.59 Å². The lowest BCUT2D eigenvalue weighted by Gasteiger charge is -2.31. The summed E-state index contributed by atoms with van der Waals surface area (Å²) in [6.45, 7) is 1.63. The second-order valence-corrected chi connectivity index (χ2v) is 6.26. The third kappa shape index (κ3) is 5.82. The highest BCUT2D eigenvalue weighted by Gasteiger charge is 2.26. The van der Waals surface area contributed by atoms with E-state index in [1.165, 1.54) is 0 Å². The lowest BCUT2D eigenvalue weighted by Crippen LogP contribution is -2.41. The molecular weight excluding hydrogens is 320 g/mol. The minimum Gasteiger partial charge on any atom is -0.481 e. The Morgan fingerprint density at radius 1 is 1.26 bits per heavy atom. The first-order valence-electron chi connectivity index (χ1n) is 7.62. The van der Waals surface area contributed by atoms with Crippen LogP contribution in [0.25, 0.3) is 0 Å². The Morgan fingerprint density at radius 2 is 1.87 bits per heavy atom. The van der Waals surface area contributed by atoms with Crippen LogP contribution in [0.5, 0.6) is 0 Å². The van der Waals surface area contributed by atoms with Gasteiger partial charge in [-0.3, -0.25) is 9.59 Å². The number of aliphatic hydroxyl groups excluding tert-OH is 1. The molecule has 6 nitrogen and oxygen atoms in total. The summed E-state index contributed by atoms with van der Waals surface area (Å²) in [5, 5.41) is 22.1. The van der Waals surface area contributed by atoms with Gasteiger partial charge in [0.15, 0.2) is 0 Å². The van der Waals surface area contributed by atoms with Crippen LogP contribution in [-0.4, -0.2) is 52.7 Å². The van der Waals surface area contributed by atoms with E-state index in [0.29, 0.717) is 43.2 Å². The van der Waals surface area contributed by atoms with Gasteiger partial charge in [-0.15, -0.1) is 0 Å². The molecule has 0 aromatic heterocycles. The molecule has 1 amide bonds. The fraction of sp³-hybridized carbons (Fsp3) is 0.500. The maximum atomic E-state index is 12.0. The van der Waals surface area contributed by atoms with Crippen molar-refractivity contribution >= 4 is 29.2 Å². The number of rotatable bonds is 6. The number of carbonyl (C=O) groups excluding carboxylic acids is 1. The molecule has 1 aliphatic rings. The van der Waals surface area contributed by atoms with Crippen LogP contribution in [0.2, 0.25) is 5.02 Å². The Hall–Kier alpha value is -1.63. The van der Waals surface area contributed by atoms with Crippen LogP contribution >= 0.6 is 11.6 Å². The van der Waals surface area contributed by atoms with Crippen molar-refractivity contribution in [2.45, 2.75) is 25.4 Å². The van der Waals surface area contributed by atoms with Crippen molar-refractivity contribution in [3.8, 4) is 0 Å². The van der Waals surface area contributed by atoms with E-state index >= 15 is 0 Å². The van der Waals surface area contributed by atoms with Gasteiger partial charge in [0.05, 0.1) is 12.0 Å². The summed E-state index contributed by atoms with van der Waals surface area (Å²) in [5.41, 5.74) is 0.588. The molecule has 7 heteroatoms. The summed E-state index contributed by atoms with van der Waals surface area (Å²) < 4.78 is 0. The van der Waals surface area contributed by atoms with Crippen molar-refractivity contribution in [3.05, 3.63) is 29.3 Å². The maximum absolute atomic E-state index is 12.0. The predicted octanol–water partition coefficient (Wildman–Crippen LogP) is 1.83. The van der Waals surface area contributed by atoms with Gasteiger partial charge in [-0.25, -0.2) is 0 Å². The maximum Gasteiger partial charge on any atom is 0.308 e. The number of hydrogen-bond acceptors (Lipinski definition) is 4. The zero-order valence-electron chi connectivity index (χ0n) is 12.7. The summed E-state index contributed by atoms with van der Waals surface area (Å²) in [5.74, 6) is -2.09. The monoisotopic (exact) mass is 340 g/mol. The Balaban J connectivity index is 1.87. The number of amides is 1. The van der Waals surface area contributed by atoms with Crippen molar-refractivity contribution < 1.29 is 19.8 Å². The largest absolute Gasteiger partial charge is 0.481 e. The molecule has 2 rings (SSSR count). The highest BCUT2D eigenvalue weighted by atomic mass is 35.5. The Morgan fingerprint density at radius 3 is 2.43 bits per heavy atom. The van der Waals surface area contributed by atoms with E-state index in [0.717, 1.165) is 0 Å². The average Bonchev–Trinajstić information content (AvgIpc) is 2.51. The molecule has 1 heterocycles. The molecule has 3 N–H and O–H groups in total. The minimum absolute atomic E-state index is 0.0863. The number of aliphatic hydroxyl groups is 1. The first kappa shape index (κ1) is 17.7. The molecule has 0 bridgehead atoms. The molecule has 0 saturated carbocycles.